The Morgan fingerprint density at radius 2 is 1.03 bits per heavy atom. The van der Waals surface area contributed by atoms with Crippen molar-refractivity contribution in [1.29, 1.82) is 0 Å². The first-order chi connectivity index (χ1) is 34.2. The SMILES string of the molecule is COP(=O)(C[C@H]1C[C@H](n2cc(C)c(=O)[nH]c2=O)O[C@@H]1CO[Si](c1ccccc1)(c1ccccc1)C(C)(C)C)NC[C@H]1O[C@@H](n2cc(C)c(=O)[nH]c2=O)C[C@@H]1O[Si](c1ccccc1)(c1ccccc1)C(C)(C)C. The summed E-state index contributed by atoms with van der Waals surface area (Å²) in [5.41, 5.74) is -1.52. The number of hydrogen-bond acceptors (Lipinski definition) is 10. The Kier molecular flexibility index (Phi) is 15.6. The van der Waals surface area contributed by atoms with Gasteiger partial charge in [0.1, 0.15) is 12.5 Å². The summed E-state index contributed by atoms with van der Waals surface area (Å²) in [5.74, 6) is -0.477. The lowest BCUT2D eigenvalue weighted by molar-refractivity contribution is -0.0282. The molecule has 4 aromatic carbocycles. The summed E-state index contributed by atoms with van der Waals surface area (Å²) in [6.07, 6.45) is -0.244. The molecule has 1 unspecified atom stereocenters. The van der Waals surface area contributed by atoms with E-state index in [2.05, 4.69) is 105 Å². The third-order valence-electron chi connectivity index (χ3n) is 14.4. The number of benzene rings is 4. The molecular weight excluding hydrogens is 966 g/mol. The maximum atomic E-state index is 15.4. The van der Waals surface area contributed by atoms with Crippen molar-refractivity contribution in [2.75, 3.05) is 26.4 Å². The average Bonchev–Trinajstić information content (AvgIpc) is 3.95. The molecule has 15 nitrogen and oxygen atoms in total. The number of hydrogen-bond donors (Lipinski definition) is 3. The van der Waals surface area contributed by atoms with Crippen LogP contribution in [0.4, 0.5) is 0 Å². The third-order valence-corrected chi connectivity index (χ3v) is 26.7. The fraction of sp³-hybridized carbons (Fsp3) is 0.407. The molecule has 0 saturated carbocycles. The van der Waals surface area contributed by atoms with E-state index in [0.717, 1.165) is 20.7 Å². The van der Waals surface area contributed by atoms with Crippen LogP contribution < -0.4 is 48.3 Å². The molecule has 2 saturated heterocycles. The van der Waals surface area contributed by atoms with Gasteiger partial charge < -0.3 is 22.8 Å². The first kappa shape index (κ1) is 53.0. The Hall–Kier alpha value is -5.34. The van der Waals surface area contributed by atoms with Crippen molar-refractivity contribution < 1.29 is 27.4 Å². The molecule has 7 atom stereocenters. The molecule has 8 rings (SSSR count). The lowest BCUT2D eigenvalue weighted by atomic mass is 10.0. The number of aromatic nitrogens is 4. The van der Waals surface area contributed by atoms with Crippen molar-refractivity contribution >= 4 is 44.9 Å². The van der Waals surface area contributed by atoms with Crippen molar-refractivity contribution in [2.24, 2.45) is 5.92 Å². The molecule has 0 amide bonds. The molecule has 4 heterocycles. The number of aryl methyl sites for hydroxylation is 2. The van der Waals surface area contributed by atoms with E-state index in [9.17, 15) is 19.2 Å². The lowest BCUT2D eigenvalue weighted by Gasteiger charge is -2.45. The molecule has 382 valence electrons. The Morgan fingerprint density at radius 3 is 1.44 bits per heavy atom. The van der Waals surface area contributed by atoms with Gasteiger partial charge in [-0.2, -0.15) is 0 Å². The molecule has 6 aromatic rings. The number of nitrogens with zero attached hydrogens (tertiary/aromatic N) is 2. The molecule has 2 aliphatic heterocycles. The van der Waals surface area contributed by atoms with Gasteiger partial charge in [0.2, 0.25) is 0 Å². The van der Waals surface area contributed by atoms with Crippen LogP contribution in [0.1, 0.15) is 78.0 Å². The van der Waals surface area contributed by atoms with Gasteiger partial charge in [0.15, 0.2) is 0 Å². The van der Waals surface area contributed by atoms with Crippen LogP contribution >= 0.6 is 7.52 Å². The minimum atomic E-state index is -3.80. The highest BCUT2D eigenvalue weighted by atomic mass is 31.2. The van der Waals surface area contributed by atoms with Crippen LogP contribution in [0.25, 0.3) is 0 Å². The van der Waals surface area contributed by atoms with Gasteiger partial charge in [-0.15, -0.1) is 0 Å². The molecule has 0 bridgehead atoms. The third kappa shape index (κ3) is 10.5. The molecule has 0 radical (unpaired) electrons. The standard InChI is InChI=1S/C54H68N5O10PSi2/c1-37-33-58(51(62)56-49(37)60)47-30-39(46(68-47)35-66-71(53(3,4)5,40-22-14-10-15-23-40)41-24-16-11-17-25-41)36-70(64,65-9)55-32-45-44(31-48(67-45)59-34-38(2)50(61)57-52(59)63)69-72(54(6,7)8,42-26-18-12-19-27-42)43-28-20-13-21-29-43/h10-29,33-34,39,44-48H,30-32,35-36H2,1-9H3,(H,55,64)(H,56,60,62)(H,57,61,63)/t39-,44+,45-,46-,47-,48-,70?/m1/s1. The monoisotopic (exact) mass is 1030 g/mol. The zero-order chi connectivity index (χ0) is 51.6. The van der Waals surface area contributed by atoms with Gasteiger partial charge in [0.25, 0.3) is 35.3 Å². The van der Waals surface area contributed by atoms with Gasteiger partial charge in [0.05, 0.1) is 24.9 Å². The molecule has 72 heavy (non-hydrogen) atoms. The second kappa shape index (κ2) is 21.3. The molecule has 0 spiro atoms. The van der Waals surface area contributed by atoms with Gasteiger partial charge in [-0.3, -0.25) is 33.3 Å². The second-order valence-corrected chi connectivity index (χ2v) is 32.1. The molecule has 2 fully saturated rings. The van der Waals surface area contributed by atoms with Crippen LogP contribution in [-0.2, 0) is 27.4 Å². The van der Waals surface area contributed by atoms with E-state index in [1.54, 1.807) is 13.8 Å². The van der Waals surface area contributed by atoms with Crippen molar-refractivity contribution in [3.8, 4) is 0 Å². The summed E-state index contributed by atoms with van der Waals surface area (Å²) in [6.45, 7) is 16.5. The Labute approximate surface area is 422 Å². The minimum absolute atomic E-state index is 0.000380. The fourth-order valence-electron chi connectivity index (χ4n) is 10.7. The second-order valence-electron chi connectivity index (χ2n) is 21.1. The number of ether oxygens (including phenoxy) is 2. The van der Waals surface area contributed by atoms with Crippen molar-refractivity contribution in [2.45, 2.75) is 109 Å². The first-order valence-corrected chi connectivity index (χ1v) is 30.2. The molecule has 0 aliphatic carbocycles. The molecule has 2 aliphatic rings. The summed E-state index contributed by atoms with van der Waals surface area (Å²) in [6, 6.07) is 40.9. The van der Waals surface area contributed by atoms with Crippen LogP contribution in [0.2, 0.25) is 10.1 Å². The highest BCUT2D eigenvalue weighted by molar-refractivity contribution is 7.56. The molecule has 2 aromatic heterocycles. The van der Waals surface area contributed by atoms with Gasteiger partial charge >= 0.3 is 11.4 Å². The predicted molar refractivity (Wildman–Crippen MR) is 286 cm³/mol. The van der Waals surface area contributed by atoms with Crippen molar-refractivity contribution in [3.63, 3.8) is 0 Å². The van der Waals surface area contributed by atoms with Crippen LogP contribution in [0.3, 0.4) is 0 Å². The predicted octanol–water partition coefficient (Wildman–Crippen LogP) is 5.85. The number of H-pyrrole nitrogens is 2. The van der Waals surface area contributed by atoms with E-state index in [0.29, 0.717) is 11.1 Å². The van der Waals surface area contributed by atoms with E-state index < -0.39 is 88.4 Å². The molecule has 3 N–H and O–H groups in total. The maximum Gasteiger partial charge on any atom is 0.330 e. The van der Waals surface area contributed by atoms with E-state index >= 15 is 4.57 Å². The largest absolute Gasteiger partial charge is 0.405 e. The molecular formula is C54H68N5O10PSi2. The van der Waals surface area contributed by atoms with Gasteiger partial charge in [-0.25, -0.2) is 14.7 Å². The van der Waals surface area contributed by atoms with Crippen molar-refractivity contribution in [3.05, 3.63) is 187 Å². The van der Waals surface area contributed by atoms with Crippen LogP contribution in [0.5, 0.6) is 0 Å². The number of aromatic amines is 2. The Balaban J connectivity index is 1.14. The van der Waals surface area contributed by atoms with E-state index in [-0.39, 0.29) is 37.2 Å². The number of rotatable bonds is 17. The summed E-state index contributed by atoms with van der Waals surface area (Å²) >= 11 is 0. The summed E-state index contributed by atoms with van der Waals surface area (Å²) in [5, 5.41) is 6.80. The zero-order valence-electron chi connectivity index (χ0n) is 42.6. The van der Waals surface area contributed by atoms with Crippen molar-refractivity contribution in [1.82, 2.24) is 24.2 Å². The van der Waals surface area contributed by atoms with Gasteiger partial charge in [0, 0.05) is 55.7 Å². The van der Waals surface area contributed by atoms with E-state index in [1.165, 1.54) is 28.6 Å². The quantitative estimate of drug-likeness (QED) is 0.0737. The normalized spacial score (nSPS) is 21.7. The van der Waals surface area contributed by atoms with Crippen LogP contribution in [-0.4, -0.2) is 80.5 Å². The van der Waals surface area contributed by atoms with E-state index in [1.807, 2.05) is 72.8 Å². The van der Waals surface area contributed by atoms with Crippen LogP contribution in [0.15, 0.2) is 153 Å². The number of nitrogens with one attached hydrogen (secondary N) is 3. The summed E-state index contributed by atoms with van der Waals surface area (Å²) in [4.78, 5) is 56.7. The maximum absolute atomic E-state index is 15.4. The fourth-order valence-corrected chi connectivity index (χ4v) is 21.9. The highest BCUT2D eigenvalue weighted by Crippen LogP contribution is 2.50. The topological polar surface area (TPSA) is 185 Å². The average molecular weight is 1030 g/mol. The summed E-state index contributed by atoms with van der Waals surface area (Å²) in [7, 11) is -8.70. The lowest BCUT2D eigenvalue weighted by Crippen LogP contribution is -2.68. The summed E-state index contributed by atoms with van der Waals surface area (Å²) < 4.78 is 52.8. The van der Waals surface area contributed by atoms with Crippen LogP contribution in [0, 0.1) is 19.8 Å². The Bertz CT molecular complexity index is 3020. The Morgan fingerprint density at radius 1 is 0.625 bits per heavy atom. The van der Waals surface area contributed by atoms with E-state index in [4.69, 9.17) is 22.8 Å². The molecule has 18 heteroatoms. The van der Waals surface area contributed by atoms with Gasteiger partial charge in [-0.1, -0.05) is 163 Å². The van der Waals surface area contributed by atoms with Gasteiger partial charge in [-0.05, 0) is 51.1 Å². The minimum Gasteiger partial charge on any atom is -0.405 e. The smallest absolute Gasteiger partial charge is 0.330 e. The first-order valence-electron chi connectivity index (χ1n) is 24.6. The highest BCUT2D eigenvalue weighted by Gasteiger charge is 2.55. The zero-order valence-corrected chi connectivity index (χ0v) is 45.5.